The van der Waals surface area contributed by atoms with E-state index in [9.17, 15) is 4.79 Å². The van der Waals surface area contributed by atoms with Gasteiger partial charge in [0.25, 0.3) is 5.91 Å². The van der Waals surface area contributed by atoms with Crippen LogP contribution in [0.25, 0.3) is 11.5 Å². The van der Waals surface area contributed by atoms with Crippen molar-refractivity contribution in [3.05, 3.63) is 54.3 Å². The highest BCUT2D eigenvalue weighted by atomic mass is 16.5. The average molecular weight is 272 g/mol. The first kappa shape index (κ1) is 12.3. The minimum absolute atomic E-state index is 0.226. The largest absolute Gasteiger partial charge is 0.472 e. The zero-order valence-corrected chi connectivity index (χ0v) is 10.5. The summed E-state index contributed by atoms with van der Waals surface area (Å²) in [6.45, 7) is 0.501. The van der Waals surface area contributed by atoms with Gasteiger partial charge in [0.15, 0.2) is 11.5 Å². The smallest absolute Gasteiger partial charge is 0.273 e. The lowest BCUT2D eigenvalue weighted by atomic mass is 10.2. The Morgan fingerprint density at radius 3 is 2.95 bits per heavy atom. The highest BCUT2D eigenvalue weighted by Gasteiger charge is 2.14. The highest BCUT2D eigenvalue weighted by Crippen LogP contribution is 2.20. The van der Waals surface area contributed by atoms with Crippen LogP contribution < -0.4 is 5.32 Å². The maximum absolute atomic E-state index is 11.9. The van der Waals surface area contributed by atoms with E-state index in [0.29, 0.717) is 24.5 Å². The zero-order chi connectivity index (χ0) is 13.8. The van der Waals surface area contributed by atoms with Crippen molar-refractivity contribution < 1.29 is 18.2 Å². The minimum Gasteiger partial charge on any atom is -0.472 e. The molecule has 3 heterocycles. The van der Waals surface area contributed by atoms with Crippen LogP contribution in [-0.4, -0.2) is 17.6 Å². The molecule has 0 aromatic carbocycles. The first-order chi connectivity index (χ1) is 9.83. The lowest BCUT2D eigenvalue weighted by Crippen LogP contribution is -2.25. The molecular formula is C14H12N2O4. The molecule has 0 fully saturated rings. The molecule has 102 valence electrons. The van der Waals surface area contributed by atoms with Gasteiger partial charge >= 0.3 is 0 Å². The summed E-state index contributed by atoms with van der Waals surface area (Å²) in [5, 5.41) is 6.48. The molecule has 1 amide bonds. The van der Waals surface area contributed by atoms with Gasteiger partial charge in [-0.15, -0.1) is 0 Å². The number of carbonyl (C=O) groups excluding carboxylic acids is 1. The summed E-state index contributed by atoms with van der Waals surface area (Å²) in [5.41, 5.74) is 1.25. The topological polar surface area (TPSA) is 81.4 Å². The minimum atomic E-state index is -0.282. The molecule has 0 bridgehead atoms. The molecule has 0 unspecified atom stereocenters. The van der Waals surface area contributed by atoms with Gasteiger partial charge in [-0.3, -0.25) is 4.79 Å². The van der Waals surface area contributed by atoms with E-state index in [1.165, 1.54) is 6.26 Å². The van der Waals surface area contributed by atoms with Crippen molar-refractivity contribution in [1.82, 2.24) is 10.5 Å². The van der Waals surface area contributed by atoms with Crippen LogP contribution >= 0.6 is 0 Å². The summed E-state index contributed by atoms with van der Waals surface area (Å²) < 4.78 is 15.2. The van der Waals surface area contributed by atoms with E-state index in [2.05, 4.69) is 10.5 Å². The number of amides is 1. The van der Waals surface area contributed by atoms with Crippen LogP contribution in [0.3, 0.4) is 0 Å². The predicted octanol–water partition coefficient (Wildman–Crippen LogP) is 2.50. The van der Waals surface area contributed by atoms with Gasteiger partial charge in [-0.05, 0) is 30.2 Å². The van der Waals surface area contributed by atoms with E-state index in [1.807, 2.05) is 6.07 Å². The lowest BCUT2D eigenvalue weighted by molar-refractivity contribution is 0.0945. The van der Waals surface area contributed by atoms with Gasteiger partial charge in [-0.2, -0.15) is 0 Å². The summed E-state index contributed by atoms with van der Waals surface area (Å²) in [6, 6.07) is 6.88. The quantitative estimate of drug-likeness (QED) is 0.771. The molecule has 1 N–H and O–H groups in total. The number of nitrogens with zero attached hydrogens (tertiary/aromatic N) is 1. The summed E-state index contributed by atoms with van der Waals surface area (Å²) >= 11 is 0. The molecule has 0 saturated heterocycles. The molecule has 0 atom stereocenters. The molecule has 0 aliphatic rings. The molecule has 0 spiro atoms. The third-order valence-corrected chi connectivity index (χ3v) is 2.79. The number of rotatable bonds is 5. The van der Waals surface area contributed by atoms with Gasteiger partial charge in [0, 0.05) is 12.6 Å². The maximum Gasteiger partial charge on any atom is 0.273 e. The summed E-state index contributed by atoms with van der Waals surface area (Å²) in [5.74, 6) is 0.681. The summed E-state index contributed by atoms with van der Waals surface area (Å²) in [4.78, 5) is 11.9. The second-order valence-electron chi connectivity index (χ2n) is 4.19. The van der Waals surface area contributed by atoms with Crippen LogP contribution in [-0.2, 0) is 6.42 Å². The SMILES string of the molecule is O=C(NCCc1ccoc1)c1cc(-c2ccco2)on1. The Bertz CT molecular complexity index is 668. The Morgan fingerprint density at radius 1 is 1.25 bits per heavy atom. The molecule has 0 radical (unpaired) electrons. The maximum atomic E-state index is 11.9. The second-order valence-corrected chi connectivity index (χ2v) is 4.19. The van der Waals surface area contributed by atoms with E-state index in [1.54, 1.807) is 30.7 Å². The molecule has 6 heteroatoms. The van der Waals surface area contributed by atoms with Gasteiger partial charge in [0.1, 0.15) is 0 Å². The summed E-state index contributed by atoms with van der Waals surface area (Å²) in [7, 11) is 0. The molecule has 3 aromatic heterocycles. The normalized spacial score (nSPS) is 10.6. The molecule has 0 aliphatic carbocycles. The second kappa shape index (κ2) is 5.48. The fraction of sp³-hybridized carbons (Fsp3) is 0.143. The van der Waals surface area contributed by atoms with Crippen molar-refractivity contribution in [2.24, 2.45) is 0 Å². The van der Waals surface area contributed by atoms with Gasteiger partial charge in [0.2, 0.25) is 5.76 Å². The molecule has 0 saturated carbocycles. The van der Waals surface area contributed by atoms with E-state index in [0.717, 1.165) is 5.56 Å². The Balaban J connectivity index is 1.57. The Hall–Kier alpha value is -2.76. The number of carbonyl (C=O) groups is 1. The van der Waals surface area contributed by atoms with Crippen LogP contribution in [0.5, 0.6) is 0 Å². The fourth-order valence-electron chi connectivity index (χ4n) is 1.76. The van der Waals surface area contributed by atoms with Crippen molar-refractivity contribution in [2.45, 2.75) is 6.42 Å². The van der Waals surface area contributed by atoms with Gasteiger partial charge < -0.3 is 18.7 Å². The Morgan fingerprint density at radius 2 is 2.20 bits per heavy atom. The standard InChI is InChI=1S/C14H12N2O4/c17-14(15-5-3-10-4-7-18-9-10)11-8-13(20-16-11)12-2-1-6-19-12/h1-2,4,6-9H,3,5H2,(H,15,17). The monoisotopic (exact) mass is 272 g/mol. The Kier molecular flexibility index (Phi) is 3.36. The third-order valence-electron chi connectivity index (χ3n) is 2.79. The van der Waals surface area contributed by atoms with Crippen LogP contribution in [0.2, 0.25) is 0 Å². The highest BCUT2D eigenvalue weighted by molar-refractivity contribution is 5.92. The van der Waals surface area contributed by atoms with Crippen molar-refractivity contribution in [1.29, 1.82) is 0 Å². The molecule has 20 heavy (non-hydrogen) atoms. The summed E-state index contributed by atoms with van der Waals surface area (Å²) in [6.07, 6.45) is 5.48. The number of nitrogens with one attached hydrogen (secondary N) is 1. The van der Waals surface area contributed by atoms with E-state index in [4.69, 9.17) is 13.4 Å². The molecular weight excluding hydrogens is 260 g/mol. The van der Waals surface area contributed by atoms with E-state index >= 15 is 0 Å². The van der Waals surface area contributed by atoms with E-state index in [-0.39, 0.29) is 11.6 Å². The zero-order valence-electron chi connectivity index (χ0n) is 10.5. The third kappa shape index (κ3) is 2.64. The molecule has 3 rings (SSSR count). The fourth-order valence-corrected chi connectivity index (χ4v) is 1.76. The number of hydrogen-bond acceptors (Lipinski definition) is 5. The Labute approximate surface area is 114 Å². The molecule has 6 nitrogen and oxygen atoms in total. The van der Waals surface area contributed by atoms with Gasteiger partial charge in [-0.25, -0.2) is 0 Å². The van der Waals surface area contributed by atoms with Crippen molar-refractivity contribution in [2.75, 3.05) is 6.54 Å². The lowest BCUT2D eigenvalue weighted by Gasteiger charge is -2.00. The van der Waals surface area contributed by atoms with Crippen LogP contribution in [0.4, 0.5) is 0 Å². The van der Waals surface area contributed by atoms with Crippen molar-refractivity contribution >= 4 is 5.91 Å². The van der Waals surface area contributed by atoms with Crippen LogP contribution in [0.15, 0.2) is 56.4 Å². The predicted molar refractivity (Wildman–Crippen MR) is 69.0 cm³/mol. The molecule has 3 aromatic rings. The van der Waals surface area contributed by atoms with Crippen molar-refractivity contribution in [3.8, 4) is 11.5 Å². The van der Waals surface area contributed by atoms with Crippen LogP contribution in [0.1, 0.15) is 16.1 Å². The number of hydrogen-bond donors (Lipinski definition) is 1. The van der Waals surface area contributed by atoms with Gasteiger partial charge in [0.05, 0.1) is 18.8 Å². The van der Waals surface area contributed by atoms with E-state index < -0.39 is 0 Å². The van der Waals surface area contributed by atoms with Crippen molar-refractivity contribution in [3.63, 3.8) is 0 Å². The number of furan rings is 2. The first-order valence-corrected chi connectivity index (χ1v) is 6.13. The van der Waals surface area contributed by atoms with Crippen LogP contribution in [0, 0.1) is 0 Å². The molecule has 0 aliphatic heterocycles. The van der Waals surface area contributed by atoms with Gasteiger partial charge in [-0.1, -0.05) is 5.16 Å². The first-order valence-electron chi connectivity index (χ1n) is 6.13. The number of aromatic nitrogens is 1. The average Bonchev–Trinajstić information content (AvgIpc) is 3.20.